The van der Waals surface area contributed by atoms with E-state index in [1.807, 2.05) is 0 Å². The normalized spacial score (nSPS) is 15.8. The number of ketones is 2. The first-order chi connectivity index (χ1) is 11.5. The molecule has 0 bridgehead atoms. The number of benzene rings is 1. The van der Waals surface area contributed by atoms with Crippen molar-refractivity contribution in [1.29, 1.82) is 0 Å². The van der Waals surface area contributed by atoms with E-state index in [-0.39, 0.29) is 41.7 Å². The predicted molar refractivity (Wildman–Crippen MR) is 85.7 cm³/mol. The molecule has 1 aromatic heterocycles. The van der Waals surface area contributed by atoms with Crippen LogP contribution in [0.2, 0.25) is 5.02 Å². The average molecular weight is 348 g/mol. The number of aromatic nitrogens is 1. The minimum atomic E-state index is -1.06. The third-order valence-corrected chi connectivity index (χ3v) is 3.82. The van der Waals surface area contributed by atoms with Gasteiger partial charge in [0.25, 0.3) is 0 Å². The van der Waals surface area contributed by atoms with Gasteiger partial charge in [-0.1, -0.05) is 11.6 Å². The number of halogens is 1. The van der Waals surface area contributed by atoms with Gasteiger partial charge in [0.15, 0.2) is 29.7 Å². The van der Waals surface area contributed by atoms with Crippen molar-refractivity contribution in [3.63, 3.8) is 0 Å². The molecule has 0 saturated heterocycles. The smallest absolute Gasteiger partial charge is 0.232 e. The molecule has 3 rings (SSSR count). The summed E-state index contributed by atoms with van der Waals surface area (Å²) < 4.78 is 10.5. The lowest BCUT2D eigenvalue weighted by molar-refractivity contribution is -0.0670. The number of aliphatic hydroxyl groups excluding tert-OH is 1. The molecule has 2 heterocycles. The van der Waals surface area contributed by atoms with Crippen LogP contribution in [0.5, 0.6) is 11.5 Å². The van der Waals surface area contributed by atoms with Crippen LogP contribution < -0.4 is 9.47 Å². The number of ether oxygens (including phenoxy) is 2. The molecule has 1 aliphatic heterocycles. The monoisotopic (exact) mass is 347 g/mol. The highest BCUT2D eigenvalue weighted by Crippen LogP contribution is 2.32. The topological polar surface area (TPSA) is 85.7 Å². The highest BCUT2D eigenvalue weighted by atomic mass is 35.5. The fraction of sp³-hybridized carbons (Fsp3) is 0.235. The molecule has 1 unspecified atom stereocenters. The van der Waals surface area contributed by atoms with Gasteiger partial charge in [0.05, 0.1) is 5.02 Å². The number of carbonyl (C=O) groups is 2. The zero-order chi connectivity index (χ0) is 17.1. The van der Waals surface area contributed by atoms with Crippen LogP contribution in [0.1, 0.15) is 33.7 Å². The maximum Gasteiger partial charge on any atom is 0.232 e. The van der Waals surface area contributed by atoms with Crippen molar-refractivity contribution >= 4 is 23.2 Å². The number of pyridine rings is 1. The van der Waals surface area contributed by atoms with Crippen LogP contribution in [0.25, 0.3) is 0 Å². The van der Waals surface area contributed by atoms with E-state index in [0.29, 0.717) is 17.1 Å². The van der Waals surface area contributed by atoms with E-state index in [2.05, 4.69) is 4.98 Å². The first-order valence-corrected chi connectivity index (χ1v) is 7.71. The third kappa shape index (κ3) is 3.55. The zero-order valence-corrected chi connectivity index (χ0v) is 13.3. The number of aliphatic hydroxyl groups is 1. The minimum absolute atomic E-state index is 0.00658. The van der Waals surface area contributed by atoms with Crippen molar-refractivity contribution in [2.75, 3.05) is 6.61 Å². The SMILES string of the molecule is O=C(CCC(=O)c1ncccc1Cl)c1ccc2c(c1)OC(O)CO2. The Labute approximate surface area is 143 Å². The van der Waals surface area contributed by atoms with E-state index in [1.54, 1.807) is 24.3 Å². The molecule has 1 aromatic carbocycles. The van der Waals surface area contributed by atoms with Gasteiger partial charge in [-0.05, 0) is 30.3 Å². The van der Waals surface area contributed by atoms with Gasteiger partial charge < -0.3 is 14.6 Å². The van der Waals surface area contributed by atoms with Crippen molar-refractivity contribution in [3.05, 3.63) is 52.8 Å². The molecule has 2 aromatic rings. The van der Waals surface area contributed by atoms with E-state index in [4.69, 9.17) is 21.1 Å². The molecular formula is C17H14ClNO5. The lowest BCUT2D eigenvalue weighted by atomic mass is 10.0. The summed E-state index contributed by atoms with van der Waals surface area (Å²) in [6.45, 7) is 0.0413. The highest BCUT2D eigenvalue weighted by molar-refractivity contribution is 6.33. The van der Waals surface area contributed by atoms with Gasteiger partial charge in [0.1, 0.15) is 5.69 Å². The summed E-state index contributed by atoms with van der Waals surface area (Å²) in [7, 11) is 0. The maximum absolute atomic E-state index is 12.3. The molecule has 0 fully saturated rings. The minimum Gasteiger partial charge on any atom is -0.483 e. The van der Waals surface area contributed by atoms with Gasteiger partial charge in [-0.2, -0.15) is 0 Å². The van der Waals surface area contributed by atoms with Crippen molar-refractivity contribution in [2.24, 2.45) is 0 Å². The molecule has 0 saturated carbocycles. The zero-order valence-electron chi connectivity index (χ0n) is 12.6. The number of nitrogens with zero attached hydrogens (tertiary/aromatic N) is 1. The Hall–Kier alpha value is -2.44. The van der Waals surface area contributed by atoms with Crippen LogP contribution in [0.15, 0.2) is 36.5 Å². The summed E-state index contributed by atoms with van der Waals surface area (Å²) in [6.07, 6.45) is 0.448. The lowest BCUT2D eigenvalue weighted by Gasteiger charge is -2.23. The number of rotatable bonds is 5. The summed E-state index contributed by atoms with van der Waals surface area (Å²) in [6, 6.07) is 7.91. The molecule has 1 N–H and O–H groups in total. The Bertz CT molecular complexity index is 792. The quantitative estimate of drug-likeness (QED) is 0.837. The summed E-state index contributed by atoms with van der Waals surface area (Å²) in [5.74, 6) is 0.260. The second-order valence-electron chi connectivity index (χ2n) is 5.23. The van der Waals surface area contributed by atoms with Crippen molar-refractivity contribution in [1.82, 2.24) is 4.98 Å². The summed E-state index contributed by atoms with van der Waals surface area (Å²) in [5.41, 5.74) is 0.545. The standard InChI is InChI=1S/C17H14ClNO5/c18-11-2-1-7-19-17(11)13(21)5-4-12(20)10-3-6-14-15(8-10)24-16(22)9-23-14/h1-3,6-8,16,22H,4-5,9H2. The summed E-state index contributed by atoms with van der Waals surface area (Å²) in [4.78, 5) is 28.3. The number of Topliss-reactive ketones (excluding diaryl/α,β-unsaturated/α-hetero) is 2. The van der Waals surface area contributed by atoms with Crippen LogP contribution >= 0.6 is 11.6 Å². The Kier molecular flexibility index (Phi) is 4.78. The van der Waals surface area contributed by atoms with Crippen molar-refractivity contribution in [2.45, 2.75) is 19.1 Å². The molecular weight excluding hydrogens is 334 g/mol. The van der Waals surface area contributed by atoms with Crippen molar-refractivity contribution < 1.29 is 24.2 Å². The van der Waals surface area contributed by atoms with Gasteiger partial charge >= 0.3 is 0 Å². The molecule has 0 amide bonds. The van der Waals surface area contributed by atoms with Crippen LogP contribution in [-0.4, -0.2) is 34.6 Å². The fourth-order valence-electron chi connectivity index (χ4n) is 2.32. The van der Waals surface area contributed by atoms with E-state index in [9.17, 15) is 14.7 Å². The van der Waals surface area contributed by atoms with Gasteiger partial charge in [0, 0.05) is 24.6 Å². The molecule has 0 radical (unpaired) electrons. The van der Waals surface area contributed by atoms with Crippen LogP contribution in [0.3, 0.4) is 0 Å². The van der Waals surface area contributed by atoms with Crippen LogP contribution in [0.4, 0.5) is 0 Å². The summed E-state index contributed by atoms with van der Waals surface area (Å²) in [5, 5.41) is 9.68. The van der Waals surface area contributed by atoms with Crippen molar-refractivity contribution in [3.8, 4) is 11.5 Å². The molecule has 0 aliphatic carbocycles. The second kappa shape index (κ2) is 6.98. The van der Waals surface area contributed by atoms with Crippen LogP contribution in [-0.2, 0) is 0 Å². The highest BCUT2D eigenvalue weighted by Gasteiger charge is 2.21. The lowest BCUT2D eigenvalue weighted by Crippen LogP contribution is -2.28. The Morgan fingerprint density at radius 1 is 1.21 bits per heavy atom. The van der Waals surface area contributed by atoms with Gasteiger partial charge in [0.2, 0.25) is 6.29 Å². The Morgan fingerprint density at radius 2 is 2.00 bits per heavy atom. The maximum atomic E-state index is 12.3. The predicted octanol–water partition coefficient (Wildman–Crippen LogP) is 2.67. The number of hydrogen-bond acceptors (Lipinski definition) is 6. The molecule has 1 atom stereocenters. The van der Waals surface area contributed by atoms with E-state index < -0.39 is 6.29 Å². The first-order valence-electron chi connectivity index (χ1n) is 7.33. The van der Waals surface area contributed by atoms with Gasteiger partial charge in [-0.3, -0.25) is 14.6 Å². The Balaban J connectivity index is 1.66. The molecule has 24 heavy (non-hydrogen) atoms. The third-order valence-electron chi connectivity index (χ3n) is 3.51. The second-order valence-corrected chi connectivity index (χ2v) is 5.63. The number of fused-ring (bicyclic) bond motifs is 1. The first kappa shape index (κ1) is 16.4. The largest absolute Gasteiger partial charge is 0.483 e. The van der Waals surface area contributed by atoms with E-state index >= 15 is 0 Å². The molecule has 6 nitrogen and oxygen atoms in total. The Morgan fingerprint density at radius 3 is 2.79 bits per heavy atom. The van der Waals surface area contributed by atoms with Gasteiger partial charge in [-0.25, -0.2) is 0 Å². The fourth-order valence-corrected chi connectivity index (χ4v) is 2.54. The van der Waals surface area contributed by atoms with E-state index in [1.165, 1.54) is 12.3 Å². The molecule has 1 aliphatic rings. The number of carbonyl (C=O) groups excluding carboxylic acids is 2. The molecule has 124 valence electrons. The molecule has 7 heteroatoms. The summed E-state index contributed by atoms with van der Waals surface area (Å²) >= 11 is 5.92. The van der Waals surface area contributed by atoms with Gasteiger partial charge in [-0.15, -0.1) is 0 Å². The average Bonchev–Trinajstić information content (AvgIpc) is 2.59. The van der Waals surface area contributed by atoms with Crippen LogP contribution in [0, 0.1) is 0 Å². The molecule has 0 spiro atoms. The number of hydrogen-bond donors (Lipinski definition) is 1. The van der Waals surface area contributed by atoms with E-state index in [0.717, 1.165) is 0 Å².